The van der Waals surface area contributed by atoms with Crippen LogP contribution in [0.3, 0.4) is 0 Å². The maximum absolute atomic E-state index is 10.6. The second kappa shape index (κ2) is 3.91. The Morgan fingerprint density at radius 3 is 3.00 bits per heavy atom. The summed E-state index contributed by atoms with van der Waals surface area (Å²) >= 11 is 0. The van der Waals surface area contributed by atoms with Crippen molar-refractivity contribution in [2.45, 2.75) is 32.3 Å². The molecule has 0 saturated carbocycles. The molecule has 0 amide bonds. The first-order valence-corrected chi connectivity index (χ1v) is 3.98. The van der Waals surface area contributed by atoms with E-state index in [-0.39, 0.29) is 12.1 Å². The number of esters is 1. The second-order valence-corrected chi connectivity index (χ2v) is 2.85. The SMILES string of the molecule is CC(=O)OC1CC=C(C#N)CC1. The third kappa shape index (κ3) is 2.39. The highest BCUT2D eigenvalue weighted by atomic mass is 16.5. The summed E-state index contributed by atoms with van der Waals surface area (Å²) in [6.45, 7) is 1.41. The van der Waals surface area contributed by atoms with Crippen molar-refractivity contribution in [1.82, 2.24) is 0 Å². The van der Waals surface area contributed by atoms with Gasteiger partial charge in [-0.2, -0.15) is 5.26 Å². The first-order chi connectivity index (χ1) is 5.72. The van der Waals surface area contributed by atoms with Gasteiger partial charge in [-0.05, 0) is 12.8 Å². The van der Waals surface area contributed by atoms with E-state index in [1.165, 1.54) is 6.92 Å². The molecule has 0 fully saturated rings. The topological polar surface area (TPSA) is 50.1 Å². The Morgan fingerprint density at radius 1 is 1.83 bits per heavy atom. The van der Waals surface area contributed by atoms with Crippen LogP contribution in [0.25, 0.3) is 0 Å². The van der Waals surface area contributed by atoms with Crippen molar-refractivity contribution in [2.24, 2.45) is 0 Å². The number of nitrogens with zero attached hydrogens (tertiary/aromatic N) is 1. The number of ether oxygens (including phenoxy) is 1. The number of allylic oxidation sites excluding steroid dienone is 1. The Morgan fingerprint density at radius 2 is 2.58 bits per heavy atom. The van der Waals surface area contributed by atoms with Crippen LogP contribution < -0.4 is 0 Å². The van der Waals surface area contributed by atoms with Gasteiger partial charge in [0.1, 0.15) is 6.10 Å². The Hall–Kier alpha value is -1.30. The van der Waals surface area contributed by atoms with E-state index in [0.29, 0.717) is 6.42 Å². The lowest BCUT2D eigenvalue weighted by molar-refractivity contribution is -0.146. The van der Waals surface area contributed by atoms with Gasteiger partial charge in [-0.15, -0.1) is 0 Å². The zero-order chi connectivity index (χ0) is 8.97. The maximum atomic E-state index is 10.6. The van der Waals surface area contributed by atoms with Crippen molar-refractivity contribution in [1.29, 1.82) is 5.26 Å². The molecule has 0 aromatic heterocycles. The molecule has 0 radical (unpaired) electrons. The number of hydrogen-bond acceptors (Lipinski definition) is 3. The van der Waals surface area contributed by atoms with Gasteiger partial charge in [-0.1, -0.05) is 6.08 Å². The van der Waals surface area contributed by atoms with Crippen LogP contribution in [0.15, 0.2) is 11.6 Å². The van der Waals surface area contributed by atoms with Crippen molar-refractivity contribution in [2.75, 3.05) is 0 Å². The monoisotopic (exact) mass is 165 g/mol. The summed E-state index contributed by atoms with van der Waals surface area (Å²) in [6, 6.07) is 2.10. The van der Waals surface area contributed by atoms with Gasteiger partial charge in [0.25, 0.3) is 0 Å². The van der Waals surface area contributed by atoms with E-state index in [1.54, 1.807) is 0 Å². The van der Waals surface area contributed by atoms with Crippen molar-refractivity contribution in [3.05, 3.63) is 11.6 Å². The number of hydrogen-bond donors (Lipinski definition) is 0. The molecule has 0 N–H and O–H groups in total. The smallest absolute Gasteiger partial charge is 0.302 e. The van der Waals surface area contributed by atoms with Crippen LogP contribution in [0, 0.1) is 11.3 Å². The Balaban J connectivity index is 2.42. The average Bonchev–Trinajstić information content (AvgIpc) is 2.05. The fourth-order valence-corrected chi connectivity index (χ4v) is 1.25. The molecule has 0 aromatic carbocycles. The largest absolute Gasteiger partial charge is 0.462 e. The molecule has 3 heteroatoms. The average molecular weight is 165 g/mol. The van der Waals surface area contributed by atoms with Gasteiger partial charge in [0.2, 0.25) is 0 Å². The lowest BCUT2D eigenvalue weighted by atomic mass is 9.98. The highest BCUT2D eigenvalue weighted by molar-refractivity contribution is 5.66. The minimum Gasteiger partial charge on any atom is -0.462 e. The second-order valence-electron chi connectivity index (χ2n) is 2.85. The molecule has 0 saturated heterocycles. The molecule has 64 valence electrons. The minimum atomic E-state index is -0.242. The standard InChI is InChI=1S/C9H11NO2/c1-7(11)12-9-4-2-8(6-10)3-5-9/h2,9H,3-5H2,1H3. The molecule has 0 aliphatic heterocycles. The highest BCUT2D eigenvalue weighted by Crippen LogP contribution is 2.19. The molecule has 1 unspecified atom stereocenters. The van der Waals surface area contributed by atoms with Crippen molar-refractivity contribution >= 4 is 5.97 Å². The van der Waals surface area contributed by atoms with Gasteiger partial charge in [-0.25, -0.2) is 0 Å². The third-order valence-corrected chi connectivity index (χ3v) is 1.84. The summed E-state index contributed by atoms with van der Waals surface area (Å²) in [5, 5.41) is 8.53. The van der Waals surface area contributed by atoms with E-state index >= 15 is 0 Å². The van der Waals surface area contributed by atoms with Crippen LogP contribution >= 0.6 is 0 Å². The molecule has 1 rings (SSSR count). The third-order valence-electron chi connectivity index (χ3n) is 1.84. The molecule has 12 heavy (non-hydrogen) atoms. The van der Waals surface area contributed by atoms with Crippen molar-refractivity contribution in [3.8, 4) is 6.07 Å². The summed E-state index contributed by atoms with van der Waals surface area (Å²) in [6.07, 6.45) is 4.02. The van der Waals surface area contributed by atoms with Crippen molar-refractivity contribution in [3.63, 3.8) is 0 Å². The number of rotatable bonds is 1. The van der Waals surface area contributed by atoms with E-state index in [1.807, 2.05) is 6.08 Å². The number of carbonyl (C=O) groups is 1. The lowest BCUT2D eigenvalue weighted by Gasteiger charge is -2.18. The van der Waals surface area contributed by atoms with E-state index in [4.69, 9.17) is 10.00 Å². The summed E-state index contributed by atoms with van der Waals surface area (Å²) < 4.78 is 4.99. The van der Waals surface area contributed by atoms with Gasteiger partial charge < -0.3 is 4.74 Å². The fraction of sp³-hybridized carbons (Fsp3) is 0.556. The van der Waals surface area contributed by atoms with E-state index in [0.717, 1.165) is 18.4 Å². The summed E-state index contributed by atoms with van der Waals surface area (Å²) in [5.41, 5.74) is 0.804. The fourth-order valence-electron chi connectivity index (χ4n) is 1.25. The molecule has 0 spiro atoms. The first kappa shape index (κ1) is 8.79. The van der Waals surface area contributed by atoms with Crippen LogP contribution in [0.5, 0.6) is 0 Å². The molecule has 0 heterocycles. The summed E-state index contributed by atoms with van der Waals surface area (Å²) in [4.78, 5) is 10.6. The first-order valence-electron chi connectivity index (χ1n) is 3.98. The molecule has 0 bridgehead atoms. The van der Waals surface area contributed by atoms with E-state index < -0.39 is 0 Å². The van der Waals surface area contributed by atoms with Crippen LogP contribution in [-0.4, -0.2) is 12.1 Å². The van der Waals surface area contributed by atoms with Crippen LogP contribution in [0.4, 0.5) is 0 Å². The zero-order valence-electron chi connectivity index (χ0n) is 7.04. The zero-order valence-corrected chi connectivity index (χ0v) is 7.04. The van der Waals surface area contributed by atoms with Crippen LogP contribution in [0.2, 0.25) is 0 Å². The number of nitriles is 1. The van der Waals surface area contributed by atoms with E-state index in [2.05, 4.69) is 6.07 Å². The molecular formula is C9H11NO2. The van der Waals surface area contributed by atoms with Gasteiger partial charge in [0.05, 0.1) is 6.07 Å². The van der Waals surface area contributed by atoms with E-state index in [9.17, 15) is 4.79 Å². The summed E-state index contributed by atoms with van der Waals surface area (Å²) in [7, 11) is 0. The van der Waals surface area contributed by atoms with Crippen LogP contribution in [-0.2, 0) is 9.53 Å². The number of carbonyl (C=O) groups excluding carboxylic acids is 1. The van der Waals surface area contributed by atoms with Gasteiger partial charge >= 0.3 is 5.97 Å². The lowest BCUT2D eigenvalue weighted by Crippen LogP contribution is -2.18. The molecule has 1 aliphatic carbocycles. The van der Waals surface area contributed by atoms with Crippen LogP contribution in [0.1, 0.15) is 26.2 Å². The predicted octanol–water partition coefficient (Wildman–Crippen LogP) is 1.55. The Bertz CT molecular complexity index is 250. The predicted molar refractivity (Wildman–Crippen MR) is 43.1 cm³/mol. The Labute approximate surface area is 71.6 Å². The molecule has 1 atom stereocenters. The van der Waals surface area contributed by atoms with Gasteiger partial charge in [0, 0.05) is 18.9 Å². The maximum Gasteiger partial charge on any atom is 0.302 e. The minimum absolute atomic E-state index is 0.0143. The highest BCUT2D eigenvalue weighted by Gasteiger charge is 2.15. The molecule has 1 aliphatic rings. The van der Waals surface area contributed by atoms with Crippen molar-refractivity contribution < 1.29 is 9.53 Å². The molecular weight excluding hydrogens is 154 g/mol. The molecule has 0 aromatic rings. The quantitative estimate of drug-likeness (QED) is 0.554. The Kier molecular flexibility index (Phi) is 2.87. The molecule has 3 nitrogen and oxygen atoms in total. The summed E-state index contributed by atoms with van der Waals surface area (Å²) in [5.74, 6) is -0.242. The van der Waals surface area contributed by atoms with Gasteiger partial charge in [-0.3, -0.25) is 4.79 Å². The van der Waals surface area contributed by atoms with Gasteiger partial charge in [0.15, 0.2) is 0 Å². The normalized spacial score (nSPS) is 22.3.